The van der Waals surface area contributed by atoms with Crippen molar-refractivity contribution in [2.75, 3.05) is 0 Å². The summed E-state index contributed by atoms with van der Waals surface area (Å²) in [5.41, 5.74) is 3.27. The largest absolute Gasteiger partial charge is 0.372 e. The number of benzene rings is 2. The Morgan fingerprint density at radius 2 is 2.00 bits per heavy atom. The molecule has 2 nitrogen and oxygen atoms in total. The number of ketones is 1. The summed E-state index contributed by atoms with van der Waals surface area (Å²) in [4.78, 5) is 12.3. The lowest BCUT2D eigenvalue weighted by Gasteiger charge is -2.06. The molecule has 1 aliphatic heterocycles. The van der Waals surface area contributed by atoms with Gasteiger partial charge in [-0.2, -0.15) is 0 Å². The maximum atomic E-state index is 13.4. The number of carbonyl (C=O) groups excluding carboxylic acids is 1. The number of Topliss-reactive ketones (excluding diaryl/α,β-unsaturated/α-hetero) is 1. The highest BCUT2D eigenvalue weighted by Crippen LogP contribution is 2.24. The molecule has 0 saturated carbocycles. The average molecular weight is 291 g/mol. The first-order valence-corrected chi connectivity index (χ1v) is 6.68. The molecule has 1 aliphatic rings. The summed E-state index contributed by atoms with van der Waals surface area (Å²) in [6.07, 6.45) is 0.0935. The fourth-order valence-electron chi connectivity index (χ4n) is 2.31. The highest BCUT2D eigenvalue weighted by molar-refractivity contribution is 6.31. The topological polar surface area (TPSA) is 26.3 Å². The van der Waals surface area contributed by atoms with E-state index >= 15 is 0 Å². The van der Waals surface area contributed by atoms with Crippen LogP contribution in [0.4, 0.5) is 4.39 Å². The van der Waals surface area contributed by atoms with Crippen LogP contribution in [0.1, 0.15) is 27.0 Å². The Balaban J connectivity index is 1.84. The molecule has 2 aromatic carbocycles. The van der Waals surface area contributed by atoms with Crippen LogP contribution >= 0.6 is 11.6 Å². The van der Waals surface area contributed by atoms with Gasteiger partial charge in [-0.05, 0) is 28.8 Å². The standard InChI is InChI=1S/C16H12ClFO2/c17-16-11(2-1-3-14(16)18)7-15(19)10-4-5-12-8-20-9-13(12)6-10/h1-6H,7-9H2. The van der Waals surface area contributed by atoms with Gasteiger partial charge >= 0.3 is 0 Å². The van der Waals surface area contributed by atoms with Crippen LogP contribution in [0.3, 0.4) is 0 Å². The number of carbonyl (C=O) groups is 1. The molecule has 0 unspecified atom stereocenters. The maximum absolute atomic E-state index is 13.4. The SMILES string of the molecule is O=C(Cc1cccc(F)c1Cl)c1ccc2c(c1)COC2. The van der Waals surface area contributed by atoms with E-state index in [1.54, 1.807) is 18.2 Å². The monoisotopic (exact) mass is 290 g/mol. The van der Waals surface area contributed by atoms with Crippen molar-refractivity contribution in [2.24, 2.45) is 0 Å². The van der Waals surface area contributed by atoms with Gasteiger partial charge in [-0.3, -0.25) is 4.79 Å². The molecular weight excluding hydrogens is 279 g/mol. The lowest BCUT2D eigenvalue weighted by atomic mass is 9.99. The van der Waals surface area contributed by atoms with Crippen LogP contribution in [0.5, 0.6) is 0 Å². The summed E-state index contributed by atoms with van der Waals surface area (Å²) >= 11 is 5.87. The predicted molar refractivity (Wildman–Crippen MR) is 74.4 cm³/mol. The van der Waals surface area contributed by atoms with Gasteiger partial charge in [0.05, 0.1) is 18.2 Å². The third-order valence-corrected chi connectivity index (χ3v) is 3.85. The van der Waals surface area contributed by atoms with E-state index in [1.807, 2.05) is 12.1 Å². The van der Waals surface area contributed by atoms with Crippen LogP contribution < -0.4 is 0 Å². The number of ether oxygens (including phenoxy) is 1. The van der Waals surface area contributed by atoms with Crippen LogP contribution in [0.15, 0.2) is 36.4 Å². The zero-order valence-electron chi connectivity index (χ0n) is 10.7. The summed E-state index contributed by atoms with van der Waals surface area (Å²) in [5.74, 6) is -0.577. The van der Waals surface area contributed by atoms with Crippen LogP contribution in [0, 0.1) is 5.82 Å². The molecule has 3 rings (SSSR count). The van der Waals surface area contributed by atoms with E-state index in [0.29, 0.717) is 24.3 Å². The normalized spacial score (nSPS) is 13.3. The molecule has 0 amide bonds. The maximum Gasteiger partial charge on any atom is 0.167 e. The predicted octanol–water partition coefficient (Wildman–Crippen LogP) is 3.93. The number of hydrogen-bond acceptors (Lipinski definition) is 2. The number of hydrogen-bond donors (Lipinski definition) is 0. The number of halogens is 2. The van der Waals surface area contributed by atoms with Gasteiger partial charge in [-0.1, -0.05) is 35.9 Å². The Morgan fingerprint density at radius 3 is 2.85 bits per heavy atom. The Morgan fingerprint density at radius 1 is 1.20 bits per heavy atom. The minimum absolute atomic E-state index is 0.0188. The van der Waals surface area contributed by atoms with Crippen LogP contribution in [-0.4, -0.2) is 5.78 Å². The second-order valence-corrected chi connectivity index (χ2v) is 5.17. The minimum atomic E-state index is -0.501. The summed E-state index contributed by atoms with van der Waals surface area (Å²) in [5, 5.41) is 0.0188. The second-order valence-electron chi connectivity index (χ2n) is 4.79. The molecule has 0 atom stereocenters. The third-order valence-electron chi connectivity index (χ3n) is 3.43. The minimum Gasteiger partial charge on any atom is -0.372 e. The van der Waals surface area contributed by atoms with E-state index in [9.17, 15) is 9.18 Å². The summed E-state index contributed by atoms with van der Waals surface area (Å²) in [7, 11) is 0. The highest BCUT2D eigenvalue weighted by atomic mass is 35.5. The van der Waals surface area contributed by atoms with Crippen molar-refractivity contribution >= 4 is 17.4 Å². The van der Waals surface area contributed by atoms with Crippen LogP contribution in [-0.2, 0) is 24.4 Å². The molecule has 0 saturated heterocycles. The van der Waals surface area contributed by atoms with Crippen molar-refractivity contribution < 1.29 is 13.9 Å². The molecule has 0 fully saturated rings. The summed E-state index contributed by atoms with van der Waals surface area (Å²) in [6, 6.07) is 10.0. The van der Waals surface area contributed by atoms with Gasteiger partial charge in [0.2, 0.25) is 0 Å². The molecule has 1 heterocycles. The molecule has 0 aliphatic carbocycles. The van der Waals surface area contributed by atoms with Gasteiger partial charge in [-0.25, -0.2) is 4.39 Å². The quantitative estimate of drug-likeness (QED) is 0.801. The van der Waals surface area contributed by atoms with Crippen LogP contribution in [0.2, 0.25) is 5.02 Å². The highest BCUT2D eigenvalue weighted by Gasteiger charge is 2.16. The van der Waals surface area contributed by atoms with E-state index < -0.39 is 5.82 Å². The molecule has 102 valence electrons. The van der Waals surface area contributed by atoms with Crippen molar-refractivity contribution in [2.45, 2.75) is 19.6 Å². The Kier molecular flexibility index (Phi) is 3.55. The van der Waals surface area contributed by atoms with E-state index in [1.165, 1.54) is 6.07 Å². The third kappa shape index (κ3) is 2.47. The molecule has 0 N–H and O–H groups in total. The lowest BCUT2D eigenvalue weighted by molar-refractivity contribution is 0.0993. The molecule has 2 aromatic rings. The fraction of sp³-hybridized carbons (Fsp3) is 0.188. The van der Waals surface area contributed by atoms with Gasteiger partial charge in [0, 0.05) is 12.0 Å². The lowest BCUT2D eigenvalue weighted by Crippen LogP contribution is -2.05. The van der Waals surface area contributed by atoms with Crippen molar-refractivity contribution in [3.63, 3.8) is 0 Å². The Labute approximate surface area is 121 Å². The van der Waals surface area contributed by atoms with Crippen molar-refractivity contribution in [1.29, 1.82) is 0 Å². The smallest absolute Gasteiger partial charge is 0.167 e. The van der Waals surface area contributed by atoms with Gasteiger partial charge in [-0.15, -0.1) is 0 Å². The average Bonchev–Trinajstić information content (AvgIpc) is 2.91. The summed E-state index contributed by atoms with van der Waals surface area (Å²) < 4.78 is 18.7. The van der Waals surface area contributed by atoms with Crippen molar-refractivity contribution in [3.05, 3.63) is 69.5 Å². The first-order valence-electron chi connectivity index (χ1n) is 6.31. The van der Waals surface area contributed by atoms with Gasteiger partial charge < -0.3 is 4.74 Å². The molecule has 0 aromatic heterocycles. The molecular formula is C16H12ClFO2. The fourth-order valence-corrected chi connectivity index (χ4v) is 2.50. The van der Waals surface area contributed by atoms with E-state index in [0.717, 1.165) is 11.1 Å². The first-order chi connectivity index (χ1) is 9.65. The Bertz CT molecular complexity index is 682. The molecule has 0 bridgehead atoms. The van der Waals surface area contributed by atoms with Gasteiger partial charge in [0.1, 0.15) is 5.82 Å². The first kappa shape index (κ1) is 13.3. The van der Waals surface area contributed by atoms with E-state index in [2.05, 4.69) is 0 Å². The molecule has 0 radical (unpaired) electrons. The van der Waals surface area contributed by atoms with E-state index in [4.69, 9.17) is 16.3 Å². The molecule has 0 spiro atoms. The zero-order chi connectivity index (χ0) is 14.1. The number of rotatable bonds is 3. The molecule has 4 heteroatoms. The Hall–Kier alpha value is -1.71. The van der Waals surface area contributed by atoms with Gasteiger partial charge in [0.25, 0.3) is 0 Å². The van der Waals surface area contributed by atoms with Crippen molar-refractivity contribution in [3.8, 4) is 0 Å². The number of fused-ring (bicyclic) bond motifs is 1. The van der Waals surface area contributed by atoms with E-state index in [-0.39, 0.29) is 17.2 Å². The molecule has 20 heavy (non-hydrogen) atoms. The van der Waals surface area contributed by atoms with Crippen molar-refractivity contribution in [1.82, 2.24) is 0 Å². The second kappa shape index (κ2) is 5.35. The zero-order valence-corrected chi connectivity index (χ0v) is 11.4. The summed E-state index contributed by atoms with van der Waals surface area (Å²) in [6.45, 7) is 1.14. The van der Waals surface area contributed by atoms with Crippen LogP contribution in [0.25, 0.3) is 0 Å². The van der Waals surface area contributed by atoms with Gasteiger partial charge in [0.15, 0.2) is 5.78 Å².